The van der Waals surface area contributed by atoms with Crippen molar-refractivity contribution in [1.82, 2.24) is 42.1 Å². The Bertz CT molecular complexity index is 1940. The van der Waals surface area contributed by atoms with Gasteiger partial charge in [0, 0.05) is 19.4 Å². The summed E-state index contributed by atoms with van der Waals surface area (Å²) in [6, 6.07) is -0.847. The smallest absolute Gasteiger partial charge is 0.326 e. The minimum atomic E-state index is -1.56. The number of carboxylic acids is 1. The lowest BCUT2D eigenvalue weighted by molar-refractivity contribution is -0.143. The molecule has 0 saturated carbocycles. The summed E-state index contributed by atoms with van der Waals surface area (Å²) in [6.45, 7) is 9.45. The van der Waals surface area contributed by atoms with Gasteiger partial charge in [0.25, 0.3) is 0 Å². The molecule has 23 heteroatoms. The Balaban J connectivity index is 2.23. The maximum atomic E-state index is 14.3. The highest BCUT2D eigenvalue weighted by atomic mass is 32.2. The van der Waals surface area contributed by atoms with Crippen LogP contribution in [0.15, 0.2) is 30.3 Å². The Morgan fingerprint density at radius 1 is 0.686 bits per heavy atom. The van der Waals surface area contributed by atoms with E-state index in [4.69, 9.17) is 11.5 Å². The second-order valence-corrected chi connectivity index (χ2v) is 19.8. The van der Waals surface area contributed by atoms with E-state index in [1.807, 2.05) is 20.1 Å². The molecule has 22 nitrogen and oxygen atoms in total. The number of carbonyl (C=O) groups is 10. The Morgan fingerprint density at radius 3 is 1.74 bits per heavy atom. The van der Waals surface area contributed by atoms with Crippen molar-refractivity contribution >= 4 is 70.9 Å². The van der Waals surface area contributed by atoms with E-state index in [1.54, 1.807) is 58.0 Å². The number of aliphatic carboxylic acids is 1. The average molecular weight is 1010 g/mol. The maximum absolute atomic E-state index is 14.3. The molecule has 1 heterocycles. The van der Waals surface area contributed by atoms with Crippen LogP contribution < -0.4 is 48.7 Å². The molecule has 70 heavy (non-hydrogen) atoms. The maximum Gasteiger partial charge on any atom is 0.326 e. The average Bonchev–Trinajstić information content (AvgIpc) is 3.79. The number of thioether (sulfide) groups is 1. The van der Waals surface area contributed by atoms with Crippen molar-refractivity contribution < 1.29 is 58.2 Å². The SMILES string of the molecule is CSCC[C@H](NC(=O)[C@H](CC(C)C)NC(=O)[C@@H](N)CCC(N)=O)C(=O)N1CCC[C@H]1C(=O)N[C@@H](Cc1ccccc1)C(=O)NCC(=O)N[C@@H](CO)C(=O)N[C@@H](CC(C)C)C(=O)N[C@@H](CC(C)C)C(=O)O. The van der Waals surface area contributed by atoms with E-state index in [-0.39, 0.29) is 75.7 Å². The van der Waals surface area contributed by atoms with Gasteiger partial charge in [-0.25, -0.2) is 4.79 Å². The van der Waals surface area contributed by atoms with Crippen molar-refractivity contribution in [2.45, 2.75) is 148 Å². The molecule has 0 spiro atoms. The molecule has 13 N–H and O–H groups in total. The second-order valence-electron chi connectivity index (χ2n) is 18.8. The first-order chi connectivity index (χ1) is 33.0. The molecular formula is C47H76N10O12S. The molecule has 8 atom stereocenters. The number of primary amides is 1. The van der Waals surface area contributed by atoms with Gasteiger partial charge in [-0.15, -0.1) is 0 Å². The van der Waals surface area contributed by atoms with Gasteiger partial charge in [-0.2, -0.15) is 11.8 Å². The lowest BCUT2D eigenvalue weighted by atomic mass is 10.0. The minimum Gasteiger partial charge on any atom is -0.480 e. The first-order valence-electron chi connectivity index (χ1n) is 23.8. The van der Waals surface area contributed by atoms with E-state index >= 15 is 0 Å². The van der Waals surface area contributed by atoms with Gasteiger partial charge in [-0.1, -0.05) is 71.9 Å². The third kappa shape index (κ3) is 21.5. The molecule has 1 fully saturated rings. The summed E-state index contributed by atoms with van der Waals surface area (Å²) in [6.07, 6.45) is 2.97. The summed E-state index contributed by atoms with van der Waals surface area (Å²) in [4.78, 5) is 133. The van der Waals surface area contributed by atoms with Crippen LogP contribution in [0.1, 0.15) is 98.5 Å². The lowest BCUT2D eigenvalue weighted by Gasteiger charge is -2.31. The van der Waals surface area contributed by atoms with Crippen LogP contribution in [0.25, 0.3) is 0 Å². The fraction of sp³-hybridized carbons (Fsp3) is 0.660. The molecule has 0 bridgehead atoms. The van der Waals surface area contributed by atoms with Crippen LogP contribution in [0.2, 0.25) is 0 Å². The van der Waals surface area contributed by atoms with E-state index in [9.17, 15) is 58.2 Å². The third-order valence-corrected chi connectivity index (χ3v) is 11.9. The molecule has 0 unspecified atom stereocenters. The van der Waals surface area contributed by atoms with Gasteiger partial charge in [0.1, 0.15) is 42.3 Å². The van der Waals surface area contributed by atoms with Crippen LogP contribution in [0.4, 0.5) is 0 Å². The number of nitrogens with one attached hydrogen (secondary N) is 7. The Morgan fingerprint density at radius 2 is 1.21 bits per heavy atom. The Kier molecular flexibility index (Phi) is 26.5. The van der Waals surface area contributed by atoms with E-state index in [2.05, 4.69) is 37.2 Å². The highest BCUT2D eigenvalue weighted by molar-refractivity contribution is 7.98. The van der Waals surface area contributed by atoms with Crippen LogP contribution >= 0.6 is 11.8 Å². The van der Waals surface area contributed by atoms with Crippen molar-refractivity contribution in [1.29, 1.82) is 0 Å². The van der Waals surface area contributed by atoms with Gasteiger partial charge in [-0.3, -0.25) is 43.2 Å². The van der Waals surface area contributed by atoms with E-state index in [0.717, 1.165) is 0 Å². The van der Waals surface area contributed by atoms with Gasteiger partial charge < -0.3 is 63.8 Å². The highest BCUT2D eigenvalue weighted by Gasteiger charge is 2.40. The molecule has 1 aliphatic heterocycles. The molecular weight excluding hydrogens is 929 g/mol. The molecule has 1 aliphatic rings. The molecule has 9 amide bonds. The van der Waals surface area contributed by atoms with Crippen molar-refractivity contribution in [2.75, 3.05) is 31.7 Å². The molecule has 2 rings (SSSR count). The first-order valence-corrected chi connectivity index (χ1v) is 25.2. The standard InChI is InChI=1S/C47H76N10O12S/c1-26(2)20-32(53-40(61)30(48)15-16-38(49)59)42(63)52-31(17-19-70-7)46(67)57-18-11-14-37(57)45(66)55-34(23-29-12-9-8-10-13-29)41(62)50-24-39(60)51-36(25-58)44(65)54-33(21-27(3)4)43(64)56-35(47(68)69)22-28(5)6/h8-10,12-13,26-28,30-37,58H,11,14-25,48H2,1-7H3,(H2,49,59)(H,50,62)(H,51,60)(H,52,63)(H,53,61)(H,54,65)(H,55,66)(H,56,64)(H,68,69)/t30-,31-,32-,33-,34-,35-,36-,37-/m0/s1. The number of carbonyl (C=O) groups excluding carboxylic acids is 9. The monoisotopic (exact) mass is 1000 g/mol. The van der Waals surface area contributed by atoms with Gasteiger partial charge in [0.15, 0.2) is 0 Å². The molecule has 1 saturated heterocycles. The quantitative estimate of drug-likeness (QED) is 0.0417. The summed E-state index contributed by atoms with van der Waals surface area (Å²) in [5, 5.41) is 37.6. The minimum absolute atomic E-state index is 0.0247. The second kappa shape index (κ2) is 30.7. The van der Waals surface area contributed by atoms with E-state index < -0.39 is 121 Å². The summed E-state index contributed by atoms with van der Waals surface area (Å²) >= 11 is 1.44. The van der Waals surface area contributed by atoms with Crippen LogP contribution in [0.5, 0.6) is 0 Å². The van der Waals surface area contributed by atoms with Crippen LogP contribution in [-0.2, 0) is 54.4 Å². The summed E-state index contributed by atoms with van der Waals surface area (Å²) in [5.41, 5.74) is 11.8. The number of likely N-dealkylation sites (tertiary alicyclic amines) is 1. The van der Waals surface area contributed by atoms with E-state index in [0.29, 0.717) is 17.7 Å². The molecule has 0 radical (unpaired) electrons. The third-order valence-electron chi connectivity index (χ3n) is 11.3. The first kappa shape index (κ1) is 60.3. The van der Waals surface area contributed by atoms with Crippen LogP contribution in [-0.4, -0.2) is 154 Å². The molecule has 392 valence electrons. The number of nitrogens with zero attached hydrogens (tertiary/aromatic N) is 1. The zero-order valence-electron chi connectivity index (χ0n) is 41.4. The van der Waals surface area contributed by atoms with Gasteiger partial charge in [0.2, 0.25) is 53.2 Å². The Hall–Kier alpha value is -5.81. The Labute approximate surface area is 414 Å². The number of nitrogens with two attached hydrogens (primary N) is 2. The summed E-state index contributed by atoms with van der Waals surface area (Å²) in [7, 11) is 0. The molecule has 0 aliphatic carbocycles. The number of hydrogen-bond acceptors (Lipinski definition) is 13. The highest BCUT2D eigenvalue weighted by Crippen LogP contribution is 2.21. The van der Waals surface area contributed by atoms with Gasteiger partial charge in [-0.05, 0) is 80.3 Å². The number of carboxylic acid groups (broad SMARTS) is 1. The zero-order valence-corrected chi connectivity index (χ0v) is 42.2. The zero-order chi connectivity index (χ0) is 52.7. The molecule has 1 aromatic rings. The number of rotatable bonds is 31. The summed E-state index contributed by atoms with van der Waals surface area (Å²) in [5.74, 6) is -7.52. The van der Waals surface area contributed by atoms with Crippen molar-refractivity contribution in [3.05, 3.63) is 35.9 Å². The van der Waals surface area contributed by atoms with Crippen molar-refractivity contribution in [3.63, 3.8) is 0 Å². The normalized spacial score (nSPS) is 16.5. The number of amides is 9. The van der Waals surface area contributed by atoms with Gasteiger partial charge >= 0.3 is 5.97 Å². The fourth-order valence-electron chi connectivity index (χ4n) is 7.68. The fourth-order valence-corrected chi connectivity index (χ4v) is 8.15. The number of benzene rings is 1. The summed E-state index contributed by atoms with van der Waals surface area (Å²) < 4.78 is 0. The topological polar surface area (TPSA) is 351 Å². The molecule has 1 aromatic carbocycles. The largest absolute Gasteiger partial charge is 0.480 e. The van der Waals surface area contributed by atoms with Gasteiger partial charge in [0.05, 0.1) is 19.2 Å². The number of aliphatic hydroxyl groups is 1. The van der Waals surface area contributed by atoms with Crippen LogP contribution in [0, 0.1) is 17.8 Å². The number of aliphatic hydroxyl groups excluding tert-OH is 1. The number of hydrogen-bond donors (Lipinski definition) is 11. The van der Waals surface area contributed by atoms with E-state index in [1.165, 1.54) is 16.7 Å². The van der Waals surface area contributed by atoms with Crippen molar-refractivity contribution in [2.24, 2.45) is 29.2 Å². The molecule has 0 aromatic heterocycles. The van der Waals surface area contributed by atoms with Crippen LogP contribution in [0.3, 0.4) is 0 Å². The van der Waals surface area contributed by atoms with Crippen molar-refractivity contribution in [3.8, 4) is 0 Å². The predicted octanol–water partition coefficient (Wildman–Crippen LogP) is -1.19. The lowest BCUT2D eigenvalue weighted by Crippen LogP contribution is -2.59. The predicted molar refractivity (Wildman–Crippen MR) is 262 cm³/mol.